The molecule has 1 aliphatic heterocycles. The van der Waals surface area contributed by atoms with Crippen LogP contribution in [0.2, 0.25) is 0 Å². The summed E-state index contributed by atoms with van der Waals surface area (Å²) in [5.41, 5.74) is 5.24. The van der Waals surface area contributed by atoms with Gasteiger partial charge in [0.2, 0.25) is 5.95 Å². The summed E-state index contributed by atoms with van der Waals surface area (Å²) in [6, 6.07) is 24.5. The van der Waals surface area contributed by atoms with Gasteiger partial charge in [-0.15, -0.1) is 0 Å². The zero-order valence-corrected chi connectivity index (χ0v) is 20.0. The quantitative estimate of drug-likeness (QED) is 0.356. The van der Waals surface area contributed by atoms with E-state index in [-0.39, 0.29) is 11.6 Å². The number of benzene rings is 3. The molecule has 178 valence electrons. The van der Waals surface area contributed by atoms with E-state index in [2.05, 4.69) is 75.9 Å². The molecular formula is C30H27N5O. The number of nitrogens with zero attached hydrogens (tertiary/aromatic N) is 4. The molecule has 1 aliphatic carbocycles. The molecule has 1 atom stereocenters. The number of hydrogen-bond donors (Lipinski definition) is 1. The smallest absolute Gasteiger partial charge is 0.252 e. The van der Waals surface area contributed by atoms with Crippen molar-refractivity contribution in [1.29, 1.82) is 0 Å². The number of fused-ring (bicyclic) bond motifs is 1. The second kappa shape index (κ2) is 8.48. The van der Waals surface area contributed by atoms with Crippen LogP contribution in [0.5, 0.6) is 0 Å². The van der Waals surface area contributed by atoms with Gasteiger partial charge in [0, 0.05) is 42.1 Å². The van der Waals surface area contributed by atoms with Gasteiger partial charge in [0.15, 0.2) is 0 Å². The van der Waals surface area contributed by atoms with E-state index in [0.29, 0.717) is 11.6 Å². The number of nitrogens with one attached hydrogen (secondary N) is 1. The fraction of sp³-hybridized carbons (Fsp3) is 0.233. The Kier molecular flexibility index (Phi) is 4.98. The van der Waals surface area contributed by atoms with Crippen molar-refractivity contribution in [2.75, 3.05) is 23.3 Å². The van der Waals surface area contributed by atoms with Crippen LogP contribution in [0, 0.1) is 0 Å². The van der Waals surface area contributed by atoms with Gasteiger partial charge < -0.3 is 10.2 Å². The lowest BCUT2D eigenvalue weighted by Gasteiger charge is -2.28. The van der Waals surface area contributed by atoms with Crippen molar-refractivity contribution in [2.45, 2.75) is 31.7 Å². The Bertz CT molecular complexity index is 1650. The highest BCUT2D eigenvalue weighted by Gasteiger charge is 2.27. The second-order valence-electron chi connectivity index (χ2n) is 9.82. The van der Waals surface area contributed by atoms with Crippen molar-refractivity contribution in [3.05, 3.63) is 100 Å². The predicted octanol–water partition coefficient (Wildman–Crippen LogP) is 5.82. The van der Waals surface area contributed by atoms with E-state index < -0.39 is 0 Å². The number of aromatic nitrogens is 3. The fourth-order valence-corrected chi connectivity index (χ4v) is 5.88. The van der Waals surface area contributed by atoms with Gasteiger partial charge in [-0.1, -0.05) is 36.4 Å². The Hall–Kier alpha value is -4.19. The summed E-state index contributed by atoms with van der Waals surface area (Å²) < 4.78 is 1.84. The lowest BCUT2D eigenvalue weighted by molar-refractivity contribution is 0.578. The minimum Gasteiger partial charge on any atom is -0.372 e. The minimum atomic E-state index is -0.0890. The van der Waals surface area contributed by atoms with Gasteiger partial charge in [-0.3, -0.25) is 9.36 Å². The Balaban J connectivity index is 1.25. The molecule has 0 amide bonds. The monoisotopic (exact) mass is 473 g/mol. The maximum atomic E-state index is 13.2. The highest BCUT2D eigenvalue weighted by molar-refractivity contribution is 5.91. The molecule has 2 aliphatic rings. The first kappa shape index (κ1) is 21.1. The average Bonchev–Trinajstić information content (AvgIpc) is 3.29. The van der Waals surface area contributed by atoms with Crippen LogP contribution in [0.1, 0.15) is 36.4 Å². The van der Waals surface area contributed by atoms with Crippen molar-refractivity contribution in [1.82, 2.24) is 14.5 Å². The Morgan fingerprint density at radius 2 is 1.64 bits per heavy atom. The maximum absolute atomic E-state index is 13.2. The van der Waals surface area contributed by atoms with E-state index >= 15 is 0 Å². The van der Waals surface area contributed by atoms with Gasteiger partial charge in [0.25, 0.3) is 5.56 Å². The zero-order chi connectivity index (χ0) is 24.1. The Labute approximate surface area is 209 Å². The lowest BCUT2D eigenvalue weighted by atomic mass is 10.0. The van der Waals surface area contributed by atoms with Gasteiger partial charge in [0.1, 0.15) is 5.65 Å². The zero-order valence-electron chi connectivity index (χ0n) is 20.0. The summed E-state index contributed by atoms with van der Waals surface area (Å²) in [5, 5.41) is 6.67. The average molecular weight is 474 g/mol. The molecular weight excluding hydrogens is 446 g/mol. The summed E-state index contributed by atoms with van der Waals surface area (Å²) >= 11 is 0. The molecule has 6 nitrogen and oxygen atoms in total. The first-order valence-electron chi connectivity index (χ1n) is 12.8. The van der Waals surface area contributed by atoms with E-state index in [1.165, 1.54) is 46.8 Å². The summed E-state index contributed by atoms with van der Waals surface area (Å²) in [5.74, 6) is 0.487. The SMILES string of the molecule is O=c1ccc2cnc(Nc3ccc(N4CCCCC4)cc3)nc2n1C1Cc2cccc3cccc1c23. The molecule has 1 saturated heterocycles. The molecule has 36 heavy (non-hydrogen) atoms. The molecule has 7 rings (SSSR count). The van der Waals surface area contributed by atoms with Crippen LogP contribution in [0.15, 0.2) is 83.8 Å². The molecule has 5 aromatic rings. The third kappa shape index (κ3) is 3.52. The predicted molar refractivity (Wildman–Crippen MR) is 145 cm³/mol. The molecule has 0 radical (unpaired) electrons. The summed E-state index contributed by atoms with van der Waals surface area (Å²) in [7, 11) is 0. The largest absolute Gasteiger partial charge is 0.372 e. The third-order valence-electron chi connectivity index (χ3n) is 7.62. The summed E-state index contributed by atoms with van der Waals surface area (Å²) in [6.45, 7) is 2.24. The number of pyridine rings is 1. The van der Waals surface area contributed by atoms with Gasteiger partial charge >= 0.3 is 0 Å². The lowest BCUT2D eigenvalue weighted by Crippen LogP contribution is -2.29. The molecule has 3 aromatic carbocycles. The Morgan fingerprint density at radius 3 is 2.47 bits per heavy atom. The number of rotatable bonds is 4. The van der Waals surface area contributed by atoms with Crippen LogP contribution < -0.4 is 15.8 Å². The maximum Gasteiger partial charge on any atom is 0.252 e. The van der Waals surface area contributed by atoms with E-state index in [0.717, 1.165) is 30.6 Å². The van der Waals surface area contributed by atoms with E-state index in [1.54, 1.807) is 12.3 Å². The number of hydrogen-bond acceptors (Lipinski definition) is 5. The molecule has 0 saturated carbocycles. The van der Waals surface area contributed by atoms with Crippen LogP contribution in [0.3, 0.4) is 0 Å². The van der Waals surface area contributed by atoms with Crippen LogP contribution >= 0.6 is 0 Å². The minimum absolute atomic E-state index is 0.0483. The third-order valence-corrected chi connectivity index (χ3v) is 7.62. The summed E-state index contributed by atoms with van der Waals surface area (Å²) in [6.07, 6.45) is 6.41. The topological polar surface area (TPSA) is 63.1 Å². The van der Waals surface area contributed by atoms with Crippen molar-refractivity contribution in [3.63, 3.8) is 0 Å². The molecule has 1 fully saturated rings. The Morgan fingerprint density at radius 1 is 0.833 bits per heavy atom. The molecule has 2 aromatic heterocycles. The first-order chi connectivity index (χ1) is 17.7. The van der Waals surface area contributed by atoms with Gasteiger partial charge in [-0.05, 0) is 77.9 Å². The van der Waals surface area contributed by atoms with E-state index in [9.17, 15) is 4.79 Å². The van der Waals surface area contributed by atoms with Crippen LogP contribution in [0.25, 0.3) is 21.8 Å². The highest BCUT2D eigenvalue weighted by Crippen LogP contribution is 2.39. The van der Waals surface area contributed by atoms with Gasteiger partial charge in [-0.2, -0.15) is 4.98 Å². The van der Waals surface area contributed by atoms with E-state index in [1.807, 2.05) is 10.6 Å². The van der Waals surface area contributed by atoms with Crippen LogP contribution in [-0.4, -0.2) is 27.6 Å². The number of piperidine rings is 1. The standard InChI is InChI=1S/C30H27N5O/c36-27-15-10-22-19-31-30(32-23-11-13-24(14-12-23)34-16-2-1-3-17-34)33-29(22)35(27)26-18-21-8-4-6-20-7-5-9-25(26)28(20)21/h4-15,19,26H,1-3,16-18H2,(H,31,32,33). The molecule has 1 N–H and O–H groups in total. The second-order valence-corrected chi connectivity index (χ2v) is 9.82. The molecule has 3 heterocycles. The van der Waals surface area contributed by atoms with Gasteiger partial charge in [0.05, 0.1) is 6.04 Å². The van der Waals surface area contributed by atoms with Crippen molar-refractivity contribution >= 4 is 39.1 Å². The van der Waals surface area contributed by atoms with Crippen molar-refractivity contribution in [2.24, 2.45) is 0 Å². The highest BCUT2D eigenvalue weighted by atomic mass is 16.1. The first-order valence-corrected chi connectivity index (χ1v) is 12.8. The van der Waals surface area contributed by atoms with Crippen LogP contribution in [0.4, 0.5) is 17.3 Å². The van der Waals surface area contributed by atoms with Crippen molar-refractivity contribution in [3.8, 4) is 0 Å². The van der Waals surface area contributed by atoms with Crippen LogP contribution in [-0.2, 0) is 6.42 Å². The molecule has 0 bridgehead atoms. The van der Waals surface area contributed by atoms with E-state index in [4.69, 9.17) is 4.98 Å². The van der Waals surface area contributed by atoms with Gasteiger partial charge in [-0.25, -0.2) is 4.98 Å². The fourth-order valence-electron chi connectivity index (χ4n) is 5.88. The molecule has 1 unspecified atom stereocenters. The molecule has 6 heteroatoms. The van der Waals surface area contributed by atoms with Crippen molar-refractivity contribution < 1.29 is 0 Å². The molecule has 0 spiro atoms. The summed E-state index contributed by atoms with van der Waals surface area (Å²) in [4.78, 5) is 25.1. The number of anilines is 3. The normalized spacial score (nSPS) is 17.1.